The molecule has 1 N–H and O–H groups in total. The van der Waals surface area contributed by atoms with E-state index in [1.807, 2.05) is 4.90 Å². The highest BCUT2D eigenvalue weighted by molar-refractivity contribution is 7.91. The van der Waals surface area contributed by atoms with E-state index < -0.39 is 10.0 Å². The van der Waals surface area contributed by atoms with Gasteiger partial charge < -0.3 is 10.2 Å². The average Bonchev–Trinajstić information content (AvgIpc) is 3.15. The van der Waals surface area contributed by atoms with E-state index in [2.05, 4.69) is 5.32 Å². The van der Waals surface area contributed by atoms with Crippen molar-refractivity contribution in [3.63, 3.8) is 0 Å². The number of sulfonamides is 1. The van der Waals surface area contributed by atoms with Crippen LogP contribution in [-0.4, -0.2) is 62.8 Å². The SMILES string of the molecule is Cl.O=C(Cc1ccc(S(=O)(=O)N2CCCC2)s1)N1CCCNCC1. The van der Waals surface area contributed by atoms with Crippen molar-refractivity contribution < 1.29 is 13.2 Å². The Balaban J connectivity index is 0.00000208. The Morgan fingerprint density at radius 3 is 2.58 bits per heavy atom. The molecule has 9 heteroatoms. The highest BCUT2D eigenvalue weighted by Crippen LogP contribution is 2.27. The predicted octanol–water partition coefficient (Wildman–Crippen LogP) is 1.32. The molecular weight excluding hydrogens is 370 g/mol. The first-order valence-electron chi connectivity index (χ1n) is 8.15. The van der Waals surface area contributed by atoms with Crippen molar-refractivity contribution >= 4 is 39.7 Å². The Hall–Kier alpha value is -0.670. The Morgan fingerprint density at radius 2 is 1.83 bits per heavy atom. The molecule has 136 valence electrons. The maximum Gasteiger partial charge on any atom is 0.252 e. The zero-order valence-electron chi connectivity index (χ0n) is 13.6. The molecule has 0 aliphatic carbocycles. The van der Waals surface area contributed by atoms with Crippen molar-refractivity contribution in [2.45, 2.75) is 29.9 Å². The van der Waals surface area contributed by atoms with Gasteiger partial charge in [-0.2, -0.15) is 4.31 Å². The van der Waals surface area contributed by atoms with Gasteiger partial charge in [0.05, 0.1) is 6.42 Å². The summed E-state index contributed by atoms with van der Waals surface area (Å²) in [5, 5.41) is 3.28. The lowest BCUT2D eigenvalue weighted by molar-refractivity contribution is -0.130. The molecule has 6 nitrogen and oxygen atoms in total. The molecule has 0 unspecified atom stereocenters. The molecule has 2 aliphatic heterocycles. The van der Waals surface area contributed by atoms with Crippen LogP contribution in [0.2, 0.25) is 0 Å². The molecule has 1 amide bonds. The lowest BCUT2D eigenvalue weighted by atomic mass is 10.3. The molecule has 24 heavy (non-hydrogen) atoms. The van der Waals surface area contributed by atoms with Crippen LogP contribution in [0.25, 0.3) is 0 Å². The lowest BCUT2D eigenvalue weighted by Crippen LogP contribution is -2.35. The third-order valence-corrected chi connectivity index (χ3v) is 7.77. The van der Waals surface area contributed by atoms with Crippen molar-refractivity contribution in [2.24, 2.45) is 0 Å². The smallest absolute Gasteiger partial charge is 0.252 e. The molecule has 0 saturated carbocycles. The summed E-state index contributed by atoms with van der Waals surface area (Å²) in [6.07, 6.45) is 3.11. The summed E-state index contributed by atoms with van der Waals surface area (Å²) in [6, 6.07) is 3.42. The van der Waals surface area contributed by atoms with Crippen molar-refractivity contribution in [1.82, 2.24) is 14.5 Å². The summed E-state index contributed by atoms with van der Waals surface area (Å²) >= 11 is 1.23. The Morgan fingerprint density at radius 1 is 1.08 bits per heavy atom. The highest BCUT2D eigenvalue weighted by Gasteiger charge is 2.28. The van der Waals surface area contributed by atoms with Gasteiger partial charge in [-0.25, -0.2) is 8.42 Å². The quantitative estimate of drug-likeness (QED) is 0.837. The minimum atomic E-state index is -3.37. The van der Waals surface area contributed by atoms with E-state index in [0.29, 0.717) is 23.7 Å². The number of nitrogens with one attached hydrogen (secondary N) is 1. The molecule has 2 saturated heterocycles. The summed E-state index contributed by atoms with van der Waals surface area (Å²) in [5.41, 5.74) is 0. The fraction of sp³-hybridized carbons (Fsp3) is 0.667. The number of nitrogens with zero attached hydrogens (tertiary/aromatic N) is 2. The van der Waals surface area contributed by atoms with Crippen LogP contribution in [0.4, 0.5) is 0 Å². The van der Waals surface area contributed by atoms with Crippen LogP contribution in [0.15, 0.2) is 16.3 Å². The molecule has 0 aromatic carbocycles. The van der Waals surface area contributed by atoms with Crippen LogP contribution in [0.3, 0.4) is 0 Å². The summed E-state index contributed by atoms with van der Waals surface area (Å²) in [4.78, 5) is 15.1. The van der Waals surface area contributed by atoms with Crippen LogP contribution in [0.5, 0.6) is 0 Å². The molecule has 0 radical (unpaired) electrons. The monoisotopic (exact) mass is 393 g/mol. The molecular formula is C15H24ClN3O3S2. The van der Waals surface area contributed by atoms with Crippen LogP contribution in [0.1, 0.15) is 24.1 Å². The number of rotatable bonds is 4. The second kappa shape index (κ2) is 8.62. The third-order valence-electron chi connectivity index (χ3n) is 4.31. The van der Waals surface area contributed by atoms with Gasteiger partial charge in [-0.15, -0.1) is 23.7 Å². The van der Waals surface area contributed by atoms with Gasteiger partial charge in [0, 0.05) is 37.6 Å². The van der Waals surface area contributed by atoms with Crippen LogP contribution >= 0.6 is 23.7 Å². The second-order valence-electron chi connectivity index (χ2n) is 5.99. The van der Waals surface area contributed by atoms with E-state index in [1.54, 1.807) is 16.4 Å². The van der Waals surface area contributed by atoms with Gasteiger partial charge >= 0.3 is 0 Å². The molecule has 0 spiro atoms. The molecule has 2 fully saturated rings. The number of carbonyl (C=O) groups is 1. The van der Waals surface area contributed by atoms with Gasteiger partial charge in [0.2, 0.25) is 5.91 Å². The molecule has 3 heterocycles. The zero-order valence-corrected chi connectivity index (χ0v) is 16.0. The van der Waals surface area contributed by atoms with Gasteiger partial charge in [-0.3, -0.25) is 4.79 Å². The number of hydrogen-bond donors (Lipinski definition) is 1. The van der Waals surface area contributed by atoms with E-state index in [0.717, 1.165) is 50.3 Å². The standard InChI is InChI=1S/C15H23N3O3S2.ClH/c19-14(17-8-3-6-16-7-11-17)12-13-4-5-15(22-13)23(20,21)18-9-1-2-10-18;/h4-5,16H,1-3,6-12H2;1H. The van der Waals surface area contributed by atoms with Crippen molar-refractivity contribution in [3.05, 3.63) is 17.0 Å². The first-order chi connectivity index (χ1) is 11.1. The molecule has 2 aliphatic rings. The molecule has 0 bridgehead atoms. The Labute approximate surface area is 153 Å². The molecule has 1 aromatic heterocycles. The van der Waals surface area contributed by atoms with Gasteiger partial charge in [0.15, 0.2) is 0 Å². The molecule has 3 rings (SSSR count). The molecule has 1 aromatic rings. The van der Waals surface area contributed by atoms with E-state index in [4.69, 9.17) is 0 Å². The number of carbonyl (C=O) groups excluding carboxylic acids is 1. The average molecular weight is 394 g/mol. The van der Waals surface area contributed by atoms with Crippen LogP contribution < -0.4 is 5.32 Å². The van der Waals surface area contributed by atoms with Crippen molar-refractivity contribution in [2.75, 3.05) is 39.3 Å². The van der Waals surface area contributed by atoms with Crippen molar-refractivity contribution in [3.8, 4) is 0 Å². The minimum absolute atomic E-state index is 0. The molecule has 0 atom stereocenters. The van der Waals surface area contributed by atoms with E-state index in [1.165, 1.54) is 11.3 Å². The fourth-order valence-electron chi connectivity index (χ4n) is 3.00. The second-order valence-corrected chi connectivity index (χ2v) is 9.33. The first-order valence-corrected chi connectivity index (χ1v) is 10.4. The highest BCUT2D eigenvalue weighted by atomic mass is 35.5. The zero-order chi connectivity index (χ0) is 16.3. The maximum atomic E-state index is 12.5. The number of hydrogen-bond acceptors (Lipinski definition) is 5. The minimum Gasteiger partial charge on any atom is -0.341 e. The number of halogens is 1. The van der Waals surface area contributed by atoms with Gasteiger partial charge in [-0.05, 0) is 37.9 Å². The third kappa shape index (κ3) is 4.49. The van der Waals surface area contributed by atoms with E-state index >= 15 is 0 Å². The number of thiophene rings is 1. The van der Waals surface area contributed by atoms with Gasteiger partial charge in [-0.1, -0.05) is 0 Å². The van der Waals surface area contributed by atoms with Crippen molar-refractivity contribution in [1.29, 1.82) is 0 Å². The maximum absolute atomic E-state index is 12.5. The Kier molecular flexibility index (Phi) is 7.06. The first kappa shape index (κ1) is 19.7. The topological polar surface area (TPSA) is 69.7 Å². The predicted molar refractivity (Wildman–Crippen MR) is 97.3 cm³/mol. The lowest BCUT2D eigenvalue weighted by Gasteiger charge is -2.19. The van der Waals surface area contributed by atoms with Crippen LogP contribution in [-0.2, 0) is 21.2 Å². The largest absolute Gasteiger partial charge is 0.341 e. The summed E-state index contributed by atoms with van der Waals surface area (Å²) < 4.78 is 26.9. The summed E-state index contributed by atoms with van der Waals surface area (Å²) in [6.45, 7) is 4.48. The summed E-state index contributed by atoms with van der Waals surface area (Å²) in [7, 11) is -3.37. The van der Waals surface area contributed by atoms with Gasteiger partial charge in [0.25, 0.3) is 10.0 Å². The Bertz CT molecular complexity index is 649. The van der Waals surface area contributed by atoms with Crippen LogP contribution in [0, 0.1) is 0 Å². The van der Waals surface area contributed by atoms with E-state index in [9.17, 15) is 13.2 Å². The fourth-order valence-corrected chi connectivity index (χ4v) is 6.02. The van der Waals surface area contributed by atoms with E-state index in [-0.39, 0.29) is 18.3 Å². The van der Waals surface area contributed by atoms with Gasteiger partial charge in [0.1, 0.15) is 4.21 Å². The number of amides is 1. The normalized spacial score (nSPS) is 19.8. The summed E-state index contributed by atoms with van der Waals surface area (Å²) in [5.74, 6) is 0.0840.